The molecule has 1 aliphatic rings. The Morgan fingerprint density at radius 1 is 1.44 bits per heavy atom. The summed E-state index contributed by atoms with van der Waals surface area (Å²) in [6.45, 7) is 4.52. The van der Waals surface area contributed by atoms with E-state index in [2.05, 4.69) is 4.72 Å². The van der Waals surface area contributed by atoms with Gasteiger partial charge in [0.15, 0.2) is 0 Å². The Bertz CT molecular complexity index is 396. The number of hydrogen-bond acceptors (Lipinski definition) is 3. The van der Waals surface area contributed by atoms with Crippen LogP contribution in [0.15, 0.2) is 0 Å². The fourth-order valence-electron chi connectivity index (χ4n) is 2.23. The van der Waals surface area contributed by atoms with Crippen LogP contribution in [0.3, 0.4) is 0 Å². The molecule has 1 saturated heterocycles. The monoisotopic (exact) mass is 278 g/mol. The third-order valence-electron chi connectivity index (χ3n) is 3.55. The van der Waals surface area contributed by atoms with E-state index in [0.29, 0.717) is 38.8 Å². The third-order valence-corrected chi connectivity index (χ3v) is 5.11. The minimum Gasteiger partial charge on any atom is -0.481 e. The second kappa shape index (κ2) is 5.99. The summed E-state index contributed by atoms with van der Waals surface area (Å²) >= 11 is 0. The van der Waals surface area contributed by atoms with E-state index in [1.807, 2.05) is 6.92 Å². The van der Waals surface area contributed by atoms with Crippen molar-refractivity contribution in [1.82, 2.24) is 9.03 Å². The summed E-state index contributed by atoms with van der Waals surface area (Å²) in [5.41, 5.74) is -0.931. The third kappa shape index (κ3) is 3.21. The number of piperidine rings is 1. The average Bonchev–Trinajstić information content (AvgIpc) is 2.36. The Labute approximate surface area is 109 Å². The minimum absolute atomic E-state index is 0.0673. The van der Waals surface area contributed by atoms with Crippen LogP contribution in [0, 0.1) is 5.41 Å². The van der Waals surface area contributed by atoms with Crippen molar-refractivity contribution in [3.63, 3.8) is 0 Å². The molecule has 0 aromatic carbocycles. The number of nitrogens with one attached hydrogen (secondary N) is 1. The number of carbonyl (C=O) groups is 1. The van der Waals surface area contributed by atoms with E-state index >= 15 is 0 Å². The van der Waals surface area contributed by atoms with Crippen molar-refractivity contribution in [3.05, 3.63) is 0 Å². The second-order valence-corrected chi connectivity index (χ2v) is 6.53. The molecule has 1 atom stereocenters. The average molecular weight is 278 g/mol. The highest BCUT2D eigenvalue weighted by atomic mass is 32.2. The van der Waals surface area contributed by atoms with E-state index in [1.165, 1.54) is 4.31 Å². The number of hydrogen-bond donors (Lipinski definition) is 2. The molecule has 0 bridgehead atoms. The van der Waals surface area contributed by atoms with Gasteiger partial charge in [-0.1, -0.05) is 13.8 Å². The van der Waals surface area contributed by atoms with Crippen molar-refractivity contribution in [2.75, 3.05) is 19.6 Å². The summed E-state index contributed by atoms with van der Waals surface area (Å²) in [7, 11) is -3.54. The Morgan fingerprint density at radius 2 is 2.11 bits per heavy atom. The van der Waals surface area contributed by atoms with Gasteiger partial charge in [0, 0.05) is 19.6 Å². The summed E-state index contributed by atoms with van der Waals surface area (Å²) in [6.07, 6.45) is 2.29. The maximum atomic E-state index is 12.0. The van der Waals surface area contributed by atoms with Gasteiger partial charge in [0.05, 0.1) is 5.41 Å². The lowest BCUT2D eigenvalue weighted by Gasteiger charge is -2.38. The molecule has 0 spiro atoms. The Balaban J connectivity index is 2.83. The zero-order valence-electron chi connectivity index (χ0n) is 11.0. The summed E-state index contributed by atoms with van der Waals surface area (Å²) in [6, 6.07) is 0. The van der Waals surface area contributed by atoms with Gasteiger partial charge in [-0.2, -0.15) is 12.7 Å². The molecule has 1 fully saturated rings. The first-order chi connectivity index (χ1) is 8.38. The van der Waals surface area contributed by atoms with Gasteiger partial charge >= 0.3 is 5.97 Å². The maximum absolute atomic E-state index is 12.0. The smallest absolute Gasteiger partial charge is 0.310 e. The van der Waals surface area contributed by atoms with Crippen molar-refractivity contribution in [2.24, 2.45) is 5.41 Å². The molecule has 106 valence electrons. The van der Waals surface area contributed by atoms with Crippen molar-refractivity contribution >= 4 is 16.2 Å². The van der Waals surface area contributed by atoms with Crippen LogP contribution >= 0.6 is 0 Å². The number of carboxylic acid groups (broad SMARTS) is 1. The lowest BCUT2D eigenvalue weighted by molar-refractivity contribution is -0.151. The van der Waals surface area contributed by atoms with E-state index < -0.39 is 21.6 Å². The number of rotatable bonds is 6. The first-order valence-corrected chi connectivity index (χ1v) is 7.80. The Morgan fingerprint density at radius 3 is 2.61 bits per heavy atom. The number of nitrogens with zero attached hydrogens (tertiary/aromatic N) is 1. The molecule has 18 heavy (non-hydrogen) atoms. The highest BCUT2D eigenvalue weighted by Crippen LogP contribution is 2.34. The van der Waals surface area contributed by atoms with Gasteiger partial charge in [-0.25, -0.2) is 4.72 Å². The van der Waals surface area contributed by atoms with Crippen molar-refractivity contribution < 1.29 is 18.3 Å². The second-order valence-electron chi connectivity index (χ2n) is 4.78. The Hall–Kier alpha value is -0.660. The molecule has 6 nitrogen and oxygen atoms in total. The van der Waals surface area contributed by atoms with E-state index in [-0.39, 0.29) is 6.54 Å². The molecule has 1 rings (SSSR count). The first kappa shape index (κ1) is 15.4. The molecule has 7 heteroatoms. The van der Waals surface area contributed by atoms with Gasteiger partial charge in [-0.05, 0) is 25.7 Å². The SMILES string of the molecule is CCCNS(=O)(=O)N1CCCC(CC)(C(=O)O)C1. The first-order valence-electron chi connectivity index (χ1n) is 6.36. The summed E-state index contributed by atoms with van der Waals surface area (Å²) in [5.74, 6) is -0.902. The predicted molar refractivity (Wildman–Crippen MR) is 68.4 cm³/mol. The van der Waals surface area contributed by atoms with Crippen molar-refractivity contribution in [2.45, 2.75) is 39.5 Å². The molecule has 0 aromatic heterocycles. The van der Waals surface area contributed by atoms with Crippen LogP contribution in [0.2, 0.25) is 0 Å². The molecular weight excluding hydrogens is 256 g/mol. The molecule has 0 amide bonds. The molecule has 1 heterocycles. The van der Waals surface area contributed by atoms with E-state index in [9.17, 15) is 18.3 Å². The van der Waals surface area contributed by atoms with Crippen LogP contribution in [-0.4, -0.2) is 43.4 Å². The fraction of sp³-hybridized carbons (Fsp3) is 0.909. The van der Waals surface area contributed by atoms with Crippen LogP contribution in [0.25, 0.3) is 0 Å². The van der Waals surface area contributed by atoms with Gasteiger partial charge in [-0.15, -0.1) is 0 Å². The van der Waals surface area contributed by atoms with Gasteiger partial charge < -0.3 is 5.11 Å². The van der Waals surface area contributed by atoms with Crippen LogP contribution < -0.4 is 4.72 Å². The number of carboxylic acids is 1. The molecule has 0 saturated carbocycles. The lowest BCUT2D eigenvalue weighted by Crippen LogP contribution is -2.52. The molecule has 0 radical (unpaired) electrons. The zero-order chi connectivity index (χ0) is 13.8. The van der Waals surface area contributed by atoms with Gasteiger partial charge in [0.2, 0.25) is 0 Å². The Kier molecular flexibility index (Phi) is 5.12. The molecule has 2 N–H and O–H groups in total. The summed E-state index contributed by atoms with van der Waals surface area (Å²) < 4.78 is 27.7. The molecule has 1 aliphatic heterocycles. The fourth-order valence-corrected chi connectivity index (χ4v) is 3.66. The molecule has 1 unspecified atom stereocenters. The normalized spacial score (nSPS) is 26.1. The van der Waals surface area contributed by atoms with Crippen LogP contribution in [0.1, 0.15) is 39.5 Å². The highest BCUT2D eigenvalue weighted by molar-refractivity contribution is 7.87. The van der Waals surface area contributed by atoms with Crippen LogP contribution in [0.4, 0.5) is 0 Å². The topological polar surface area (TPSA) is 86.7 Å². The number of aliphatic carboxylic acids is 1. The summed E-state index contributed by atoms with van der Waals surface area (Å²) in [4.78, 5) is 11.4. The minimum atomic E-state index is -3.54. The van der Waals surface area contributed by atoms with E-state index in [4.69, 9.17) is 0 Å². The predicted octanol–water partition coefficient (Wildman–Crippen LogP) is 0.808. The van der Waals surface area contributed by atoms with E-state index in [1.54, 1.807) is 6.92 Å². The van der Waals surface area contributed by atoms with E-state index in [0.717, 1.165) is 0 Å². The zero-order valence-corrected chi connectivity index (χ0v) is 11.8. The quantitative estimate of drug-likeness (QED) is 0.752. The van der Waals surface area contributed by atoms with Crippen LogP contribution in [-0.2, 0) is 15.0 Å². The van der Waals surface area contributed by atoms with Gasteiger partial charge in [0.1, 0.15) is 0 Å². The van der Waals surface area contributed by atoms with Gasteiger partial charge in [0.25, 0.3) is 10.2 Å². The van der Waals surface area contributed by atoms with Crippen LogP contribution in [0.5, 0.6) is 0 Å². The van der Waals surface area contributed by atoms with Crippen molar-refractivity contribution in [1.29, 1.82) is 0 Å². The molecule has 0 aliphatic carbocycles. The summed E-state index contributed by atoms with van der Waals surface area (Å²) in [5, 5.41) is 9.31. The van der Waals surface area contributed by atoms with Gasteiger partial charge in [-0.3, -0.25) is 4.79 Å². The van der Waals surface area contributed by atoms with Crippen molar-refractivity contribution in [3.8, 4) is 0 Å². The standard InChI is InChI=1S/C11H22N2O4S/c1-3-7-12-18(16,17)13-8-5-6-11(4-2,9-13)10(14)15/h12H,3-9H2,1-2H3,(H,14,15). The highest BCUT2D eigenvalue weighted by Gasteiger charge is 2.43. The lowest BCUT2D eigenvalue weighted by atomic mass is 9.78. The maximum Gasteiger partial charge on any atom is 0.310 e. The molecule has 0 aromatic rings. The molecular formula is C11H22N2O4S. The largest absolute Gasteiger partial charge is 0.481 e.